The molecule has 3 aromatic rings. The lowest BCUT2D eigenvalue weighted by Gasteiger charge is -2.29. The van der Waals surface area contributed by atoms with E-state index < -0.39 is 6.10 Å². The largest absolute Gasteiger partial charge is 0.391 e. The van der Waals surface area contributed by atoms with E-state index in [1.165, 1.54) is 12.1 Å². The van der Waals surface area contributed by atoms with Gasteiger partial charge < -0.3 is 21.5 Å². The number of nitrogens with two attached hydrogens (primary N) is 1. The van der Waals surface area contributed by atoms with Crippen LogP contribution in [0.4, 0.5) is 17.6 Å². The van der Waals surface area contributed by atoms with Crippen LogP contribution in [0.15, 0.2) is 18.3 Å². The van der Waals surface area contributed by atoms with Crippen molar-refractivity contribution < 1.29 is 9.90 Å². The quantitative estimate of drug-likeness (QED) is 0.349. The number of hydrogen-bond donors (Lipinski definition) is 4. The van der Waals surface area contributed by atoms with Gasteiger partial charge in [0, 0.05) is 12.0 Å². The fourth-order valence-electron chi connectivity index (χ4n) is 5.33. The summed E-state index contributed by atoms with van der Waals surface area (Å²) in [6, 6.07) is 5.01. The number of carbonyl (C=O) groups excluding carboxylic acids is 1. The van der Waals surface area contributed by atoms with Gasteiger partial charge in [-0.1, -0.05) is 36.0 Å². The first-order chi connectivity index (χ1) is 17.8. The number of aliphatic hydroxyl groups is 1. The molecule has 0 aliphatic heterocycles. The molecule has 0 radical (unpaired) electrons. The van der Waals surface area contributed by atoms with Gasteiger partial charge in [-0.2, -0.15) is 10.2 Å². The Labute approximate surface area is 224 Å². The van der Waals surface area contributed by atoms with Gasteiger partial charge in [0.05, 0.1) is 45.7 Å². The maximum atomic E-state index is 11.7. The van der Waals surface area contributed by atoms with Crippen LogP contribution in [-0.4, -0.2) is 42.7 Å². The Balaban J connectivity index is 1.53. The second-order valence-electron chi connectivity index (χ2n) is 9.77. The third-order valence-corrected chi connectivity index (χ3v) is 7.95. The van der Waals surface area contributed by atoms with Crippen molar-refractivity contribution in [1.82, 2.24) is 19.5 Å². The van der Waals surface area contributed by atoms with Crippen molar-refractivity contribution in [1.29, 1.82) is 5.26 Å². The minimum absolute atomic E-state index is 0.00190. The molecule has 2 saturated carbocycles. The topological polar surface area (TPSA) is 155 Å². The Bertz CT molecular complexity index is 1340. The predicted molar refractivity (Wildman–Crippen MR) is 142 cm³/mol. The molecular weight excluding hydrogens is 515 g/mol. The maximum Gasteiger partial charge on any atom is 0.225 e. The lowest BCUT2D eigenvalue weighted by molar-refractivity contribution is -0.122. The van der Waals surface area contributed by atoms with E-state index in [-0.39, 0.29) is 23.9 Å². The first kappa shape index (κ1) is 25.5. The summed E-state index contributed by atoms with van der Waals surface area (Å²) in [4.78, 5) is 25.7. The van der Waals surface area contributed by atoms with Gasteiger partial charge in [-0.3, -0.25) is 9.36 Å². The summed E-state index contributed by atoms with van der Waals surface area (Å²) in [5.41, 5.74) is 7.54. The number of fused-ring (bicyclic) bond motifs is 1. The average molecular weight is 543 g/mol. The van der Waals surface area contributed by atoms with E-state index in [0.717, 1.165) is 38.5 Å². The molecule has 2 fully saturated rings. The molecule has 12 heteroatoms. The molecule has 5 rings (SSSR count). The molecule has 0 unspecified atom stereocenters. The molecule has 194 valence electrons. The maximum absolute atomic E-state index is 11.7. The molecule has 0 bridgehead atoms. The number of carbonyl (C=O) groups is 1. The second-order valence-corrected chi connectivity index (χ2v) is 10.6. The van der Waals surface area contributed by atoms with E-state index in [1.807, 2.05) is 10.6 Å². The number of halogens is 2. The Morgan fingerprint density at radius 2 is 1.81 bits per heavy atom. The van der Waals surface area contributed by atoms with Crippen LogP contribution in [0.1, 0.15) is 63.0 Å². The van der Waals surface area contributed by atoms with E-state index in [0.29, 0.717) is 57.2 Å². The summed E-state index contributed by atoms with van der Waals surface area (Å²) in [5.74, 6) is 0.481. The number of amides is 1. The SMILES string of the molecule is N#Cc1cc(Cl)c(Nc2nc3cnc(N[C@H]4CCCC[C@H]4O)nc3n2[C@H]2CC[C@H](C(N)=O)CC2)c(Cl)c1. The summed E-state index contributed by atoms with van der Waals surface area (Å²) in [5, 5.41) is 26.8. The number of nitrogens with one attached hydrogen (secondary N) is 2. The number of hydrogen-bond acceptors (Lipinski definition) is 8. The molecular formula is C25H28Cl2N8O2. The van der Waals surface area contributed by atoms with Gasteiger partial charge in [-0.25, -0.2) is 9.97 Å². The van der Waals surface area contributed by atoms with E-state index in [2.05, 4.69) is 15.6 Å². The van der Waals surface area contributed by atoms with Crippen LogP contribution in [0.25, 0.3) is 11.2 Å². The Kier molecular flexibility index (Phi) is 7.38. The highest BCUT2D eigenvalue weighted by Gasteiger charge is 2.30. The number of benzene rings is 1. The minimum atomic E-state index is -0.445. The Morgan fingerprint density at radius 3 is 2.46 bits per heavy atom. The smallest absolute Gasteiger partial charge is 0.225 e. The van der Waals surface area contributed by atoms with E-state index in [9.17, 15) is 15.2 Å². The van der Waals surface area contributed by atoms with Crippen molar-refractivity contribution in [2.45, 2.75) is 69.6 Å². The number of imidazole rings is 1. The highest BCUT2D eigenvalue weighted by molar-refractivity contribution is 6.39. The third-order valence-electron chi connectivity index (χ3n) is 7.35. The van der Waals surface area contributed by atoms with Crippen LogP contribution in [0.2, 0.25) is 10.0 Å². The molecule has 0 saturated heterocycles. The Morgan fingerprint density at radius 1 is 1.11 bits per heavy atom. The Hall–Kier alpha value is -3.13. The van der Waals surface area contributed by atoms with Crippen molar-refractivity contribution in [3.05, 3.63) is 33.9 Å². The number of primary amides is 1. The molecule has 37 heavy (non-hydrogen) atoms. The third kappa shape index (κ3) is 5.30. The van der Waals surface area contributed by atoms with Gasteiger partial charge in [0.15, 0.2) is 5.65 Å². The average Bonchev–Trinajstić information content (AvgIpc) is 3.24. The summed E-state index contributed by atoms with van der Waals surface area (Å²) in [6.07, 6.45) is 7.63. The summed E-state index contributed by atoms with van der Waals surface area (Å²) < 4.78 is 2.00. The molecule has 2 atom stereocenters. The highest BCUT2D eigenvalue weighted by Crippen LogP contribution is 2.39. The van der Waals surface area contributed by atoms with Crippen LogP contribution >= 0.6 is 23.2 Å². The first-order valence-corrected chi connectivity index (χ1v) is 13.2. The molecule has 2 heterocycles. The zero-order valence-electron chi connectivity index (χ0n) is 20.1. The van der Waals surface area contributed by atoms with Gasteiger partial charge in [0.2, 0.25) is 17.8 Å². The van der Waals surface area contributed by atoms with Crippen molar-refractivity contribution in [2.24, 2.45) is 11.7 Å². The second kappa shape index (κ2) is 10.7. The molecule has 2 aromatic heterocycles. The lowest BCUT2D eigenvalue weighted by atomic mass is 9.85. The van der Waals surface area contributed by atoms with Crippen molar-refractivity contribution >= 4 is 57.9 Å². The number of nitriles is 1. The predicted octanol–water partition coefficient (Wildman–Crippen LogP) is 4.68. The van der Waals surface area contributed by atoms with Gasteiger partial charge >= 0.3 is 0 Å². The van der Waals surface area contributed by atoms with E-state index >= 15 is 0 Å². The molecule has 10 nitrogen and oxygen atoms in total. The molecule has 1 aromatic carbocycles. The van der Waals surface area contributed by atoms with Crippen LogP contribution in [-0.2, 0) is 4.79 Å². The van der Waals surface area contributed by atoms with Crippen molar-refractivity contribution in [3.63, 3.8) is 0 Å². The summed E-state index contributed by atoms with van der Waals surface area (Å²) in [7, 11) is 0. The van der Waals surface area contributed by atoms with Crippen molar-refractivity contribution in [3.8, 4) is 6.07 Å². The lowest BCUT2D eigenvalue weighted by Crippen LogP contribution is -2.36. The van der Waals surface area contributed by atoms with Gasteiger partial charge in [-0.15, -0.1) is 0 Å². The number of aliphatic hydroxyl groups excluding tert-OH is 1. The highest BCUT2D eigenvalue weighted by atomic mass is 35.5. The van der Waals surface area contributed by atoms with Crippen LogP contribution in [0.5, 0.6) is 0 Å². The van der Waals surface area contributed by atoms with Gasteiger partial charge in [0.25, 0.3) is 0 Å². The minimum Gasteiger partial charge on any atom is -0.391 e. The van der Waals surface area contributed by atoms with Crippen LogP contribution in [0, 0.1) is 17.2 Å². The molecule has 1 amide bonds. The molecule has 2 aliphatic rings. The number of rotatable bonds is 6. The zero-order chi connectivity index (χ0) is 26.1. The number of anilines is 3. The number of aromatic nitrogens is 4. The van der Waals surface area contributed by atoms with Crippen LogP contribution < -0.4 is 16.4 Å². The number of nitrogens with zero attached hydrogens (tertiary/aromatic N) is 5. The van der Waals surface area contributed by atoms with Crippen LogP contribution in [0.3, 0.4) is 0 Å². The van der Waals surface area contributed by atoms with Gasteiger partial charge in [0.1, 0.15) is 5.52 Å². The molecule has 5 N–H and O–H groups in total. The standard InChI is InChI=1S/C25H28Cl2N8O2/c26-16-9-13(11-28)10-17(27)21(16)33-25-32-19-12-30-24(31-18-3-1-2-4-20(18)36)34-23(19)35(25)15-7-5-14(6-8-15)22(29)37/h9-10,12,14-15,18,20,36H,1-8H2,(H2,29,37)(H,32,33)(H,30,31,34)/t14-,15-,18-,20+/m0/s1. The monoisotopic (exact) mass is 542 g/mol. The van der Waals surface area contributed by atoms with Crippen molar-refractivity contribution in [2.75, 3.05) is 10.6 Å². The van der Waals surface area contributed by atoms with Gasteiger partial charge in [-0.05, 0) is 50.7 Å². The van der Waals surface area contributed by atoms with E-state index in [1.54, 1.807) is 6.20 Å². The normalized spacial score (nSPS) is 23.9. The molecule has 0 spiro atoms. The first-order valence-electron chi connectivity index (χ1n) is 12.5. The zero-order valence-corrected chi connectivity index (χ0v) is 21.6. The van der Waals surface area contributed by atoms with E-state index in [4.69, 9.17) is 38.9 Å². The fraction of sp³-hybridized carbons (Fsp3) is 0.480. The summed E-state index contributed by atoms with van der Waals surface area (Å²) >= 11 is 12.9. The fourth-order valence-corrected chi connectivity index (χ4v) is 5.91. The summed E-state index contributed by atoms with van der Waals surface area (Å²) in [6.45, 7) is 0. The molecule has 2 aliphatic carbocycles.